The van der Waals surface area contributed by atoms with Crippen molar-refractivity contribution in [2.24, 2.45) is 0 Å². The fourth-order valence-electron chi connectivity index (χ4n) is 2.21. The summed E-state index contributed by atoms with van der Waals surface area (Å²) in [6.07, 6.45) is 14.4. The molecular formula is C14H18Sn. The van der Waals surface area contributed by atoms with Gasteiger partial charge in [0.2, 0.25) is 0 Å². The fourth-order valence-corrected chi connectivity index (χ4v) is 6.90. The third kappa shape index (κ3) is 2.47. The van der Waals surface area contributed by atoms with Crippen molar-refractivity contribution in [1.82, 2.24) is 0 Å². The summed E-state index contributed by atoms with van der Waals surface area (Å²) >= 11 is -0.417. The van der Waals surface area contributed by atoms with Gasteiger partial charge in [-0.05, 0) is 0 Å². The van der Waals surface area contributed by atoms with Crippen molar-refractivity contribution >= 4 is 21.1 Å². The Bertz CT molecular complexity index is 331. The Morgan fingerprint density at radius 1 is 0.933 bits per heavy atom. The number of hydrogen-bond acceptors (Lipinski definition) is 0. The van der Waals surface area contributed by atoms with Crippen LogP contribution in [0.5, 0.6) is 0 Å². The molecule has 2 radical (unpaired) electrons. The van der Waals surface area contributed by atoms with Crippen LogP contribution in [0.1, 0.15) is 39.5 Å². The zero-order chi connectivity index (χ0) is 10.7. The van der Waals surface area contributed by atoms with Crippen LogP contribution in [-0.4, -0.2) is 21.1 Å². The molecule has 78 valence electrons. The van der Waals surface area contributed by atoms with Crippen LogP contribution in [0.2, 0.25) is 0 Å². The van der Waals surface area contributed by atoms with Gasteiger partial charge in [-0.15, -0.1) is 0 Å². The maximum absolute atomic E-state index is 2.35. The number of allylic oxidation sites excluding steroid dienone is 8. The first-order valence-electron chi connectivity index (χ1n) is 5.89. The molecule has 0 saturated carbocycles. The molecule has 2 aliphatic rings. The van der Waals surface area contributed by atoms with E-state index in [-0.39, 0.29) is 0 Å². The van der Waals surface area contributed by atoms with Gasteiger partial charge in [-0.2, -0.15) is 0 Å². The molecule has 0 unspecified atom stereocenters. The molecule has 0 aliphatic heterocycles. The molecule has 2 rings (SSSR count). The molecule has 0 saturated heterocycles. The van der Waals surface area contributed by atoms with Crippen LogP contribution in [0, 0.1) is 0 Å². The van der Waals surface area contributed by atoms with Crippen LogP contribution in [-0.2, 0) is 0 Å². The van der Waals surface area contributed by atoms with Crippen LogP contribution in [0.25, 0.3) is 0 Å². The SMILES string of the molecule is CCC1=[C]([Sn][C]2=C(CC)C=CC2)CC=C1. The Hall–Kier alpha value is -0.241. The Labute approximate surface area is 103 Å². The molecule has 1 heteroatoms. The van der Waals surface area contributed by atoms with Crippen LogP contribution in [0.3, 0.4) is 0 Å². The molecule has 0 bridgehead atoms. The zero-order valence-electron chi connectivity index (χ0n) is 9.64. The second-order valence-corrected chi connectivity index (χ2v) is 8.21. The van der Waals surface area contributed by atoms with E-state index in [1.54, 1.807) is 11.1 Å². The van der Waals surface area contributed by atoms with Gasteiger partial charge in [0, 0.05) is 0 Å². The Morgan fingerprint density at radius 2 is 1.40 bits per heavy atom. The van der Waals surface area contributed by atoms with Gasteiger partial charge in [0.15, 0.2) is 0 Å². The normalized spacial score (nSPS) is 19.9. The van der Waals surface area contributed by atoms with Crippen LogP contribution < -0.4 is 0 Å². The Morgan fingerprint density at radius 3 is 1.80 bits per heavy atom. The summed E-state index contributed by atoms with van der Waals surface area (Å²) in [7, 11) is 0. The summed E-state index contributed by atoms with van der Waals surface area (Å²) in [6, 6.07) is 0. The fraction of sp³-hybridized carbons (Fsp3) is 0.429. The van der Waals surface area contributed by atoms with Crippen molar-refractivity contribution in [2.45, 2.75) is 39.5 Å². The molecule has 0 amide bonds. The molecular weight excluding hydrogens is 287 g/mol. The van der Waals surface area contributed by atoms with E-state index in [4.69, 9.17) is 0 Å². The summed E-state index contributed by atoms with van der Waals surface area (Å²) in [4.78, 5) is 0. The van der Waals surface area contributed by atoms with Gasteiger partial charge in [-0.25, -0.2) is 0 Å². The van der Waals surface area contributed by atoms with Crippen LogP contribution >= 0.6 is 0 Å². The van der Waals surface area contributed by atoms with E-state index in [9.17, 15) is 0 Å². The average Bonchev–Trinajstić information content (AvgIpc) is 2.87. The van der Waals surface area contributed by atoms with Crippen molar-refractivity contribution in [3.05, 3.63) is 42.6 Å². The van der Waals surface area contributed by atoms with Gasteiger partial charge in [0.25, 0.3) is 0 Å². The standard InChI is InChI=1S/2C7H9.Sn/c2*1-2-7-5-3-4-6-7;/h2*3,5H,2,4H2,1H3;. The molecule has 0 spiro atoms. The molecule has 0 heterocycles. The third-order valence-corrected chi connectivity index (χ3v) is 7.84. The van der Waals surface area contributed by atoms with E-state index in [1.165, 1.54) is 25.7 Å². The molecule has 2 aliphatic carbocycles. The Kier molecular flexibility index (Phi) is 3.90. The minimum atomic E-state index is -0.417. The third-order valence-electron chi connectivity index (χ3n) is 3.12. The van der Waals surface area contributed by atoms with E-state index in [0.717, 1.165) is 0 Å². The minimum absolute atomic E-state index is 0.417. The number of rotatable bonds is 4. The van der Waals surface area contributed by atoms with Gasteiger partial charge in [0.05, 0.1) is 0 Å². The van der Waals surface area contributed by atoms with Crippen molar-refractivity contribution in [2.75, 3.05) is 0 Å². The molecule has 0 atom stereocenters. The number of hydrogen-bond donors (Lipinski definition) is 0. The average molecular weight is 305 g/mol. The first kappa shape index (κ1) is 11.3. The summed E-state index contributed by atoms with van der Waals surface area (Å²) in [5, 5.41) is 0. The predicted molar refractivity (Wildman–Crippen MR) is 67.9 cm³/mol. The predicted octanol–water partition coefficient (Wildman–Crippen LogP) is 3.94. The van der Waals surface area contributed by atoms with Crippen molar-refractivity contribution in [3.8, 4) is 0 Å². The topological polar surface area (TPSA) is 0 Å². The first-order chi connectivity index (χ1) is 7.35. The monoisotopic (exact) mass is 306 g/mol. The first-order valence-corrected chi connectivity index (χ1v) is 8.74. The molecule has 0 N–H and O–H groups in total. The van der Waals surface area contributed by atoms with Gasteiger partial charge < -0.3 is 0 Å². The van der Waals surface area contributed by atoms with Gasteiger partial charge in [-0.3, -0.25) is 0 Å². The Balaban J connectivity index is 2.10. The summed E-state index contributed by atoms with van der Waals surface area (Å²) in [5.74, 6) is 0. The molecule has 15 heavy (non-hydrogen) atoms. The van der Waals surface area contributed by atoms with E-state index in [0.29, 0.717) is 0 Å². The van der Waals surface area contributed by atoms with E-state index in [1.807, 2.05) is 7.18 Å². The molecule has 0 fully saturated rings. The summed E-state index contributed by atoms with van der Waals surface area (Å²) in [5.41, 5.74) is 3.30. The van der Waals surface area contributed by atoms with Crippen LogP contribution in [0.15, 0.2) is 42.6 Å². The quantitative estimate of drug-likeness (QED) is 0.690. The van der Waals surface area contributed by atoms with E-state index >= 15 is 0 Å². The van der Waals surface area contributed by atoms with E-state index < -0.39 is 21.1 Å². The van der Waals surface area contributed by atoms with Gasteiger partial charge >= 0.3 is 103 Å². The maximum atomic E-state index is 2.35. The van der Waals surface area contributed by atoms with Gasteiger partial charge in [-0.1, -0.05) is 0 Å². The molecule has 0 aromatic heterocycles. The van der Waals surface area contributed by atoms with Crippen molar-refractivity contribution < 1.29 is 0 Å². The zero-order valence-corrected chi connectivity index (χ0v) is 12.5. The second kappa shape index (κ2) is 5.20. The van der Waals surface area contributed by atoms with Crippen LogP contribution in [0.4, 0.5) is 0 Å². The second-order valence-electron chi connectivity index (χ2n) is 4.05. The summed E-state index contributed by atoms with van der Waals surface area (Å²) in [6.45, 7) is 4.57. The van der Waals surface area contributed by atoms with Gasteiger partial charge in [0.1, 0.15) is 0 Å². The van der Waals surface area contributed by atoms with Crippen molar-refractivity contribution in [3.63, 3.8) is 0 Å². The summed E-state index contributed by atoms with van der Waals surface area (Å²) < 4.78 is 3.65. The molecule has 0 nitrogen and oxygen atoms in total. The molecule has 0 aromatic rings. The van der Waals surface area contributed by atoms with Crippen molar-refractivity contribution in [1.29, 1.82) is 0 Å². The van der Waals surface area contributed by atoms with E-state index in [2.05, 4.69) is 38.2 Å². The molecule has 0 aromatic carbocycles.